The van der Waals surface area contributed by atoms with Crippen LogP contribution in [0.4, 0.5) is 0 Å². The largest absolute Gasteiger partial charge is 0.360 e. The summed E-state index contributed by atoms with van der Waals surface area (Å²) in [6, 6.07) is 20.3. The van der Waals surface area contributed by atoms with Crippen molar-refractivity contribution in [3.05, 3.63) is 71.8 Å². The van der Waals surface area contributed by atoms with Crippen molar-refractivity contribution in [3.8, 4) is 0 Å². The minimum Gasteiger partial charge on any atom is -0.360 e. The van der Waals surface area contributed by atoms with E-state index in [9.17, 15) is 0 Å². The van der Waals surface area contributed by atoms with Gasteiger partial charge in [-0.15, -0.1) is 0 Å². The molecule has 1 unspecified atom stereocenters. The average molecular weight is 287 g/mol. The Hall–Kier alpha value is -1.39. The van der Waals surface area contributed by atoms with Crippen molar-refractivity contribution in [2.24, 2.45) is 5.16 Å². The van der Waals surface area contributed by atoms with Crippen LogP contribution in [0.1, 0.15) is 11.1 Å². The average Bonchev–Trinajstić information content (AvgIpc) is 2.95. The molecule has 0 aliphatic carbocycles. The number of benzene rings is 2. The van der Waals surface area contributed by atoms with Crippen LogP contribution in [-0.2, 0) is 9.10 Å². The highest BCUT2D eigenvalue weighted by Gasteiger charge is 2.41. The van der Waals surface area contributed by atoms with Gasteiger partial charge in [-0.3, -0.25) is 0 Å². The second-order valence-corrected chi connectivity index (χ2v) is 6.49. The molecular weight excluding hydrogens is 274 g/mol. The number of hydrogen-bond donors (Lipinski definition) is 0. The lowest BCUT2D eigenvalue weighted by atomic mass is 10.2. The Labute approximate surface area is 121 Å². The monoisotopic (exact) mass is 287 g/mol. The maximum absolute atomic E-state index is 5.76. The first-order valence-corrected chi connectivity index (χ1v) is 7.99. The topological polar surface area (TPSA) is 21.6 Å². The molecule has 1 atom stereocenters. The first-order chi connectivity index (χ1) is 9.34. The first-order valence-electron chi connectivity index (χ1n) is 5.95. The van der Waals surface area contributed by atoms with Gasteiger partial charge in [-0.25, -0.2) is 0 Å². The molecule has 2 aromatic rings. The molecule has 2 nitrogen and oxygen atoms in total. The van der Waals surface area contributed by atoms with Crippen molar-refractivity contribution in [2.75, 3.05) is 6.26 Å². The lowest BCUT2D eigenvalue weighted by molar-refractivity contribution is 0.105. The predicted molar refractivity (Wildman–Crippen MR) is 83.3 cm³/mol. The molecule has 0 radical (unpaired) electrons. The molecule has 0 N–H and O–H groups in total. The molecule has 0 saturated carbocycles. The second-order valence-electron chi connectivity index (χ2n) is 4.08. The van der Waals surface area contributed by atoms with Crippen molar-refractivity contribution < 1.29 is 4.84 Å². The summed E-state index contributed by atoms with van der Waals surface area (Å²) < 4.78 is -0.466. The molecule has 0 bridgehead atoms. The Morgan fingerprint density at radius 3 is 2.26 bits per heavy atom. The fourth-order valence-electron chi connectivity index (χ4n) is 1.91. The van der Waals surface area contributed by atoms with Gasteiger partial charge in [0, 0.05) is 11.1 Å². The van der Waals surface area contributed by atoms with Crippen LogP contribution in [0.3, 0.4) is 0 Å². The lowest BCUT2D eigenvalue weighted by Crippen LogP contribution is -2.16. The minimum atomic E-state index is -0.466. The zero-order valence-electron chi connectivity index (χ0n) is 10.4. The van der Waals surface area contributed by atoms with Crippen LogP contribution in [0.25, 0.3) is 0 Å². The van der Waals surface area contributed by atoms with Gasteiger partial charge >= 0.3 is 0 Å². The summed E-state index contributed by atoms with van der Waals surface area (Å²) in [7, 11) is 0. The van der Waals surface area contributed by atoms with E-state index in [1.54, 1.807) is 23.5 Å². The van der Waals surface area contributed by atoms with Gasteiger partial charge in [-0.05, 0) is 18.0 Å². The Morgan fingerprint density at radius 1 is 1.00 bits per heavy atom. The predicted octanol–water partition coefficient (Wildman–Crippen LogP) is 4.29. The molecule has 1 aliphatic heterocycles. The highest BCUT2D eigenvalue weighted by molar-refractivity contribution is 8.25. The number of thioether (sulfide) groups is 2. The highest BCUT2D eigenvalue weighted by atomic mass is 32.2. The first kappa shape index (κ1) is 12.6. The molecule has 0 aromatic heterocycles. The van der Waals surface area contributed by atoms with E-state index in [1.165, 1.54) is 0 Å². The number of rotatable bonds is 3. The van der Waals surface area contributed by atoms with Crippen LogP contribution in [0.2, 0.25) is 0 Å². The Morgan fingerprint density at radius 2 is 1.63 bits per heavy atom. The van der Waals surface area contributed by atoms with Gasteiger partial charge in [0.05, 0.1) is 0 Å². The summed E-state index contributed by atoms with van der Waals surface area (Å²) in [5.41, 5.74) is 2.22. The molecule has 19 heavy (non-hydrogen) atoms. The van der Waals surface area contributed by atoms with E-state index < -0.39 is 4.27 Å². The summed E-state index contributed by atoms with van der Waals surface area (Å²) in [4.78, 5) is 5.76. The Bertz CT molecular complexity index is 586. The van der Waals surface area contributed by atoms with E-state index in [0.717, 1.165) is 16.2 Å². The molecule has 1 heterocycles. The number of oxime groups is 1. The molecule has 0 amide bonds. The quantitative estimate of drug-likeness (QED) is 0.840. The second kappa shape index (κ2) is 5.31. The van der Waals surface area contributed by atoms with Gasteiger partial charge in [0.1, 0.15) is 5.04 Å². The van der Waals surface area contributed by atoms with Crippen LogP contribution in [0.15, 0.2) is 65.8 Å². The van der Waals surface area contributed by atoms with E-state index in [1.807, 2.05) is 42.7 Å². The zero-order valence-corrected chi connectivity index (χ0v) is 12.1. The Balaban J connectivity index is 1.90. The van der Waals surface area contributed by atoms with Gasteiger partial charge in [0.25, 0.3) is 4.27 Å². The zero-order chi connectivity index (χ0) is 13.1. The van der Waals surface area contributed by atoms with Crippen LogP contribution < -0.4 is 0 Å². The summed E-state index contributed by atoms with van der Waals surface area (Å²) in [5, 5.41) is 5.19. The molecule has 3 rings (SSSR count). The summed E-state index contributed by atoms with van der Waals surface area (Å²) in [6.45, 7) is 0. The van der Waals surface area contributed by atoms with Crippen LogP contribution in [0.5, 0.6) is 0 Å². The maximum atomic E-state index is 5.76. The lowest BCUT2D eigenvalue weighted by Gasteiger charge is -2.23. The summed E-state index contributed by atoms with van der Waals surface area (Å²) in [6.07, 6.45) is 2.05. The number of hydrogen-bond acceptors (Lipinski definition) is 4. The minimum absolute atomic E-state index is 0.466. The van der Waals surface area contributed by atoms with Crippen molar-refractivity contribution in [1.82, 2.24) is 0 Å². The van der Waals surface area contributed by atoms with Gasteiger partial charge in [0.15, 0.2) is 0 Å². The van der Waals surface area contributed by atoms with Gasteiger partial charge < -0.3 is 4.84 Å². The van der Waals surface area contributed by atoms with Gasteiger partial charge in [-0.2, -0.15) is 0 Å². The molecule has 0 fully saturated rings. The van der Waals surface area contributed by atoms with Crippen molar-refractivity contribution in [2.45, 2.75) is 4.27 Å². The van der Waals surface area contributed by atoms with E-state index in [0.29, 0.717) is 0 Å². The fraction of sp³-hybridized carbons (Fsp3) is 0.133. The molecule has 1 aliphatic rings. The number of nitrogens with zero attached hydrogens (tertiary/aromatic N) is 1. The SMILES string of the molecule is CSC1(c2ccccc2)ON=C(c2ccccc2)S1. The Kier molecular flexibility index (Phi) is 3.53. The van der Waals surface area contributed by atoms with Crippen LogP contribution in [0, 0.1) is 0 Å². The normalized spacial score (nSPS) is 21.8. The van der Waals surface area contributed by atoms with E-state index in [-0.39, 0.29) is 0 Å². The highest BCUT2D eigenvalue weighted by Crippen LogP contribution is 2.51. The molecule has 0 saturated heterocycles. The van der Waals surface area contributed by atoms with Crippen LogP contribution in [-0.4, -0.2) is 11.3 Å². The summed E-state index contributed by atoms with van der Waals surface area (Å²) >= 11 is 3.31. The van der Waals surface area contributed by atoms with Crippen molar-refractivity contribution in [3.63, 3.8) is 0 Å². The molecule has 96 valence electrons. The third-order valence-electron chi connectivity index (χ3n) is 2.90. The van der Waals surface area contributed by atoms with E-state index >= 15 is 0 Å². The molecular formula is C15H13NOS2. The third-order valence-corrected chi connectivity index (χ3v) is 5.58. The van der Waals surface area contributed by atoms with E-state index in [4.69, 9.17) is 4.84 Å². The van der Waals surface area contributed by atoms with Gasteiger partial charge in [0.2, 0.25) is 0 Å². The molecule has 4 heteroatoms. The van der Waals surface area contributed by atoms with Crippen LogP contribution >= 0.6 is 23.5 Å². The van der Waals surface area contributed by atoms with Gasteiger partial charge in [-0.1, -0.05) is 77.6 Å². The smallest absolute Gasteiger partial charge is 0.259 e. The molecule has 0 spiro atoms. The summed E-state index contributed by atoms with van der Waals surface area (Å²) in [5.74, 6) is 0. The van der Waals surface area contributed by atoms with Crippen molar-refractivity contribution in [1.29, 1.82) is 0 Å². The maximum Gasteiger partial charge on any atom is 0.259 e. The van der Waals surface area contributed by atoms with Crippen molar-refractivity contribution >= 4 is 28.6 Å². The molecule has 2 aromatic carbocycles. The third kappa shape index (κ3) is 2.38. The van der Waals surface area contributed by atoms with E-state index in [2.05, 4.69) is 29.4 Å². The fourth-order valence-corrected chi connectivity index (χ4v) is 3.87. The standard InChI is InChI=1S/C15H13NOS2/c1-18-15(13-10-6-3-7-11-13)17-16-14(19-15)12-8-4-2-5-9-12/h2-11H,1H3.